The number of nitrogens with one attached hydrogen (secondary N) is 4. The highest BCUT2D eigenvalue weighted by molar-refractivity contribution is 6.35. The molecule has 2 aromatic heterocycles. The monoisotopic (exact) mass is 594 g/mol. The van der Waals surface area contributed by atoms with E-state index in [9.17, 15) is 10.1 Å². The molecule has 4 aliphatic rings. The van der Waals surface area contributed by atoms with Gasteiger partial charge in [-0.3, -0.25) is 14.8 Å². The Morgan fingerprint density at radius 2 is 1.98 bits per heavy atom. The molecule has 1 aliphatic heterocycles. The molecule has 2 aromatic carbocycles. The van der Waals surface area contributed by atoms with Crippen molar-refractivity contribution in [2.75, 3.05) is 17.2 Å². The summed E-state index contributed by atoms with van der Waals surface area (Å²) in [7, 11) is 1.80. The van der Waals surface area contributed by atoms with Crippen molar-refractivity contribution in [2.24, 2.45) is 18.4 Å². The van der Waals surface area contributed by atoms with E-state index in [0.717, 1.165) is 44.8 Å². The fourth-order valence-electron chi connectivity index (χ4n) is 6.60. The molecule has 3 fully saturated rings. The Hall–Kier alpha value is -4.26. The van der Waals surface area contributed by atoms with Gasteiger partial charge in [0.25, 0.3) is 5.56 Å². The minimum atomic E-state index is -0.308. The second kappa shape index (κ2) is 9.90. The molecular formula is C33H35ClN8O. The minimum Gasteiger partial charge on any atom is -0.383 e. The Bertz CT molecular complexity index is 1900. The van der Waals surface area contributed by atoms with Gasteiger partial charge < -0.3 is 20.6 Å². The van der Waals surface area contributed by atoms with Gasteiger partial charge in [0.05, 0.1) is 44.6 Å². The minimum absolute atomic E-state index is 0.00141. The molecule has 3 aliphatic carbocycles. The Morgan fingerprint density at radius 3 is 2.67 bits per heavy atom. The number of fused-ring (bicyclic) bond motifs is 2. The first-order chi connectivity index (χ1) is 20.5. The zero-order chi connectivity index (χ0) is 30.1. The molecule has 0 saturated heterocycles. The molecule has 8 rings (SSSR count). The van der Waals surface area contributed by atoms with Crippen molar-refractivity contribution in [1.82, 2.24) is 25.5 Å². The number of hydrogen-bond donors (Lipinski definition) is 4. The van der Waals surface area contributed by atoms with Crippen LogP contribution in [0, 0.1) is 22.7 Å². The van der Waals surface area contributed by atoms with Gasteiger partial charge in [0, 0.05) is 48.5 Å². The van der Waals surface area contributed by atoms with Crippen LogP contribution in [0.2, 0.25) is 5.02 Å². The van der Waals surface area contributed by atoms with Crippen LogP contribution in [0.3, 0.4) is 0 Å². The molecule has 0 radical (unpaired) electrons. The third-order valence-electron chi connectivity index (χ3n) is 9.08. The summed E-state index contributed by atoms with van der Waals surface area (Å²) >= 11 is 6.85. The van der Waals surface area contributed by atoms with E-state index in [2.05, 4.69) is 70.7 Å². The predicted molar refractivity (Wildman–Crippen MR) is 171 cm³/mol. The van der Waals surface area contributed by atoms with Gasteiger partial charge in [-0.2, -0.15) is 5.26 Å². The van der Waals surface area contributed by atoms with E-state index in [-0.39, 0.29) is 22.6 Å². The largest absolute Gasteiger partial charge is 0.383 e. The Labute approximate surface area is 255 Å². The molecule has 0 unspecified atom stereocenters. The lowest BCUT2D eigenvalue weighted by Crippen LogP contribution is -2.69. The van der Waals surface area contributed by atoms with Crippen LogP contribution < -0.4 is 27.2 Å². The van der Waals surface area contributed by atoms with Crippen LogP contribution in [0.4, 0.5) is 11.4 Å². The molecular weight excluding hydrogens is 560 g/mol. The van der Waals surface area contributed by atoms with E-state index in [0.29, 0.717) is 22.6 Å². The molecule has 0 spiro atoms. The molecule has 220 valence electrons. The highest BCUT2D eigenvalue weighted by Gasteiger charge is 2.60. The number of benzene rings is 2. The fourth-order valence-corrected chi connectivity index (χ4v) is 6.87. The van der Waals surface area contributed by atoms with Crippen molar-refractivity contribution in [3.8, 4) is 6.07 Å². The van der Waals surface area contributed by atoms with E-state index < -0.39 is 0 Å². The van der Waals surface area contributed by atoms with Crippen LogP contribution in [-0.2, 0) is 7.05 Å². The number of halogens is 1. The number of nitriles is 1. The fraction of sp³-hybridized carbons (Fsp3) is 0.364. The van der Waals surface area contributed by atoms with Gasteiger partial charge in [0.15, 0.2) is 0 Å². The summed E-state index contributed by atoms with van der Waals surface area (Å²) in [5.41, 5.74) is 12.4. The SMILES string of the molecule is Cn1c(=O)ccc2c([C@H](Nc3cc(Cl)c4ncc(C#N)c(NCC(C)(C)C)c4c3)C3=CN(C45CC(C4)C5)NN3)cccc21. The van der Waals surface area contributed by atoms with E-state index in [4.69, 9.17) is 11.6 Å². The zero-order valence-corrected chi connectivity index (χ0v) is 25.5. The molecule has 43 heavy (non-hydrogen) atoms. The second-order valence-corrected chi connectivity index (χ2v) is 13.8. The number of rotatable bonds is 7. The Morgan fingerprint density at radius 1 is 1.19 bits per heavy atom. The first-order valence-electron chi connectivity index (χ1n) is 14.7. The first-order valence-corrected chi connectivity index (χ1v) is 15.1. The normalized spacial score (nSPS) is 21.4. The van der Waals surface area contributed by atoms with Gasteiger partial charge >= 0.3 is 0 Å². The highest BCUT2D eigenvalue weighted by Crippen LogP contribution is 2.60. The molecule has 0 amide bonds. The lowest BCUT2D eigenvalue weighted by atomic mass is 9.49. The number of aromatic nitrogens is 2. The van der Waals surface area contributed by atoms with Crippen LogP contribution >= 0.6 is 11.6 Å². The lowest BCUT2D eigenvalue weighted by molar-refractivity contribution is -0.141. The molecule has 2 bridgehead atoms. The van der Waals surface area contributed by atoms with Crippen molar-refractivity contribution in [3.63, 3.8) is 0 Å². The standard InChI is InChI=1S/C33H35ClN8O/c1-32(2,3)18-37-29-20(15-35)16-36-30-24(29)10-21(11-25(30)34)38-31(26-17-42(40-39-26)33-12-19(13-33)14-33)23-6-5-7-27-22(23)8-9-28(43)41(27)4/h5-11,16-17,19,31,38-40H,12-14,18H2,1-4H3,(H,36,37)/t19?,31-,33?/m0/s1. The average Bonchev–Trinajstić information content (AvgIpc) is 3.39. The van der Waals surface area contributed by atoms with Crippen LogP contribution in [0.5, 0.6) is 0 Å². The maximum atomic E-state index is 12.5. The van der Waals surface area contributed by atoms with Crippen LogP contribution in [-0.4, -0.2) is 26.6 Å². The Balaban J connectivity index is 1.35. The van der Waals surface area contributed by atoms with Crippen molar-refractivity contribution in [2.45, 2.75) is 51.6 Å². The third-order valence-corrected chi connectivity index (χ3v) is 9.37. The summed E-state index contributed by atoms with van der Waals surface area (Å²) in [4.78, 5) is 17.0. The van der Waals surface area contributed by atoms with Crippen molar-refractivity contribution in [1.29, 1.82) is 5.26 Å². The van der Waals surface area contributed by atoms with Gasteiger partial charge in [-0.25, -0.2) is 0 Å². The van der Waals surface area contributed by atoms with E-state index in [1.54, 1.807) is 23.9 Å². The summed E-state index contributed by atoms with van der Waals surface area (Å²) < 4.78 is 1.67. The summed E-state index contributed by atoms with van der Waals surface area (Å²) in [5.74, 6) is 0.847. The van der Waals surface area contributed by atoms with E-state index >= 15 is 0 Å². The van der Waals surface area contributed by atoms with Crippen LogP contribution in [0.25, 0.3) is 21.8 Å². The van der Waals surface area contributed by atoms with E-state index in [1.165, 1.54) is 19.3 Å². The number of anilines is 2. The summed E-state index contributed by atoms with van der Waals surface area (Å²) in [6, 6.07) is 15.4. The molecule has 9 nitrogen and oxygen atoms in total. The maximum absolute atomic E-state index is 12.5. The van der Waals surface area contributed by atoms with Crippen molar-refractivity contribution < 1.29 is 0 Å². The molecule has 10 heteroatoms. The number of aryl methyl sites for hydroxylation is 1. The maximum Gasteiger partial charge on any atom is 0.250 e. The van der Waals surface area contributed by atoms with Crippen molar-refractivity contribution >= 4 is 44.8 Å². The average molecular weight is 595 g/mol. The molecule has 3 heterocycles. The summed E-state index contributed by atoms with van der Waals surface area (Å²) in [6.07, 6.45) is 7.37. The van der Waals surface area contributed by atoms with Gasteiger partial charge in [-0.15, -0.1) is 5.53 Å². The van der Waals surface area contributed by atoms with Crippen LogP contribution in [0.1, 0.15) is 57.2 Å². The summed E-state index contributed by atoms with van der Waals surface area (Å²) in [5, 5.41) is 21.6. The van der Waals surface area contributed by atoms with Crippen molar-refractivity contribution in [3.05, 3.63) is 87.1 Å². The van der Waals surface area contributed by atoms with Gasteiger partial charge in [0.1, 0.15) is 6.07 Å². The van der Waals surface area contributed by atoms with Crippen LogP contribution in [0.15, 0.2) is 65.4 Å². The zero-order valence-electron chi connectivity index (χ0n) is 24.8. The highest BCUT2D eigenvalue weighted by atomic mass is 35.5. The molecule has 4 N–H and O–H groups in total. The first kappa shape index (κ1) is 27.6. The van der Waals surface area contributed by atoms with Gasteiger partial charge in [0.2, 0.25) is 0 Å². The van der Waals surface area contributed by atoms with Gasteiger partial charge in [-0.1, -0.05) is 44.5 Å². The predicted octanol–water partition coefficient (Wildman–Crippen LogP) is 5.94. The number of pyridine rings is 2. The van der Waals surface area contributed by atoms with E-state index in [1.807, 2.05) is 30.3 Å². The lowest BCUT2D eigenvalue weighted by Gasteiger charge is -2.64. The smallest absolute Gasteiger partial charge is 0.250 e. The Kier molecular flexibility index (Phi) is 6.35. The van der Waals surface area contributed by atoms with Gasteiger partial charge in [-0.05, 0) is 60.4 Å². The quantitative estimate of drug-likeness (QED) is 0.208. The molecule has 1 atom stereocenters. The number of nitrogens with zero attached hydrogens (tertiary/aromatic N) is 4. The summed E-state index contributed by atoms with van der Waals surface area (Å²) in [6.45, 7) is 7.11. The topological polar surface area (TPSA) is 110 Å². The third kappa shape index (κ3) is 4.66. The second-order valence-electron chi connectivity index (χ2n) is 13.4. The molecule has 3 saturated carbocycles. The number of hydrogen-bond acceptors (Lipinski definition) is 8. The number of hydrazine groups is 2. The molecule has 4 aromatic rings.